The van der Waals surface area contributed by atoms with E-state index >= 15 is 0 Å². The molecule has 6 aromatic heterocycles. The summed E-state index contributed by atoms with van der Waals surface area (Å²) in [6, 6.07) is 5.21. The number of carboxylic acid groups (broad SMARTS) is 6. The number of hydrogen-bond acceptors (Lipinski definition) is 25. The largest absolute Gasteiger partial charge is 0.477 e. The molecule has 33 heteroatoms. The van der Waals surface area contributed by atoms with Crippen LogP contribution in [-0.4, -0.2) is 223 Å². The molecule has 0 amide bonds. The maximum Gasteiger partial charge on any atom is 0.356 e. The molecule has 0 saturated carbocycles. The number of nitrogens with zero attached hydrogens (tertiary/aromatic N) is 13. The van der Waals surface area contributed by atoms with E-state index in [0.717, 1.165) is 51.6 Å². The molecule has 31 nitrogen and oxygen atoms in total. The Morgan fingerprint density at radius 2 is 0.714 bits per heavy atom. The first-order valence-corrected chi connectivity index (χ1v) is 26.5. The number of hydrogen-bond donors (Lipinski definition) is 11. The van der Waals surface area contributed by atoms with Crippen LogP contribution in [0.3, 0.4) is 0 Å². The third-order valence-electron chi connectivity index (χ3n) is 9.69. The highest BCUT2D eigenvalue weighted by Gasteiger charge is 2.15. The van der Waals surface area contributed by atoms with Crippen molar-refractivity contribution in [1.82, 2.24) is 64.7 Å². The molecule has 0 spiro atoms. The Hall–Kier alpha value is -11.0. The van der Waals surface area contributed by atoms with Gasteiger partial charge in [-0.2, -0.15) is 0 Å². The van der Waals surface area contributed by atoms with Gasteiger partial charge >= 0.3 is 35.8 Å². The lowest BCUT2D eigenvalue weighted by atomic mass is 10.3. The van der Waals surface area contributed by atoms with E-state index in [1.165, 1.54) is 36.9 Å². The van der Waals surface area contributed by atoms with Gasteiger partial charge in [-0.25, -0.2) is 88.6 Å². The van der Waals surface area contributed by atoms with E-state index in [0.29, 0.717) is 55.7 Å². The molecule has 472 valence electrons. The summed E-state index contributed by atoms with van der Waals surface area (Å²) >= 11 is 11.5. The number of aliphatic hydroxyl groups is 5. The summed E-state index contributed by atoms with van der Waals surface area (Å²) in [5, 5.41) is 94.2. The SMILES string of the molecule is O=C(O)c1cc(C#CCCCO)ncn1.O=C(O)c1cc(C#CCCO)ncn1.O=C(O)c1cc(C#CCN2CCOCC2)ncn1.O=C(O)c1cc(C#CCO)ncn1.O=C(O)c1ncnc(C#CCCCO)c1Cl.O=C(O)c1ncnc(C#CCCO)c1Cl. The average Bonchev–Trinajstić information content (AvgIpc) is 1.83. The highest BCUT2D eigenvalue weighted by atomic mass is 35.5. The molecule has 91 heavy (non-hydrogen) atoms. The van der Waals surface area contributed by atoms with E-state index < -0.39 is 35.8 Å². The molecule has 0 radical (unpaired) electrons. The maximum absolute atomic E-state index is 10.7. The molecule has 6 aromatic rings. The maximum atomic E-state index is 10.7. The molecule has 1 fully saturated rings. The second-order valence-electron chi connectivity index (χ2n) is 16.2. The van der Waals surface area contributed by atoms with Crippen LogP contribution in [0.5, 0.6) is 0 Å². The van der Waals surface area contributed by atoms with E-state index in [4.69, 9.17) is 84.1 Å². The van der Waals surface area contributed by atoms with Crippen LogP contribution in [-0.2, 0) is 4.74 Å². The minimum Gasteiger partial charge on any atom is -0.477 e. The van der Waals surface area contributed by atoms with E-state index in [2.05, 4.69) is 136 Å². The van der Waals surface area contributed by atoms with Crippen LogP contribution in [0.2, 0.25) is 10.0 Å². The molecule has 1 saturated heterocycles. The van der Waals surface area contributed by atoms with Crippen LogP contribution >= 0.6 is 23.2 Å². The molecule has 0 aromatic carbocycles. The standard InChI is InChI=1S/C12H13N3O3.C10H9ClN2O3.C10H10N2O3.C9H7ClN2O3.C9H8N2O3.C8H6N2O3/c16-12(17)11-8-10(13-9-14-11)2-1-3-15-4-6-18-7-5-15;11-8-7(4-2-1-3-5-14)12-6-13-9(8)10(15)16;13-5-3-1-2-4-8-6-9(10(14)15)12-7-11-8;10-7-6(3-1-2-4-13)11-5-12-8(7)9(14)15;12-4-2-1-3-7-5-8(9(13)14)11-6-10-7;11-3-1-2-6-4-7(8(12)13)10-5-9-6/h8-9H,3-7H2,(H,16,17);6,14H,1,3,5H2,(H,15,16);6-7,13H,1,3,5H2,(H,14,15);5,13H,2,4H2,(H,14,15);5-6,12H,2,4H2,(H,13,14);4-5,11H,3H2,(H,12,13). The van der Waals surface area contributed by atoms with Crippen LogP contribution in [0, 0.1) is 71.0 Å². The Morgan fingerprint density at radius 3 is 1.04 bits per heavy atom. The second kappa shape index (κ2) is 45.3. The second-order valence-corrected chi connectivity index (χ2v) is 17.0. The number of carbonyl (C=O) groups is 6. The molecular formula is C58H53Cl2N13O18. The van der Waals surface area contributed by atoms with Gasteiger partial charge in [-0.1, -0.05) is 58.7 Å². The van der Waals surface area contributed by atoms with Crippen LogP contribution in [0.1, 0.15) is 136 Å². The van der Waals surface area contributed by atoms with Gasteiger partial charge in [0.25, 0.3) is 0 Å². The lowest BCUT2D eigenvalue weighted by Crippen LogP contribution is -2.36. The van der Waals surface area contributed by atoms with Crippen molar-refractivity contribution in [2.75, 3.05) is 65.9 Å². The number of rotatable bonds is 13. The number of ether oxygens (including phenoxy) is 1. The first-order chi connectivity index (χ1) is 43.8. The summed E-state index contributed by atoms with van der Waals surface area (Å²) in [6.07, 6.45) is 9.66. The topological polar surface area (TPSA) is 492 Å². The van der Waals surface area contributed by atoms with Gasteiger partial charge in [0.15, 0.2) is 34.2 Å². The third-order valence-corrected chi connectivity index (χ3v) is 10.4. The molecule has 7 heterocycles. The summed E-state index contributed by atoms with van der Waals surface area (Å²) in [4.78, 5) is 110. The smallest absolute Gasteiger partial charge is 0.356 e. The summed E-state index contributed by atoms with van der Waals surface area (Å²) in [7, 11) is 0. The normalized spacial score (nSPS) is 10.4. The van der Waals surface area contributed by atoms with Gasteiger partial charge in [-0.3, -0.25) is 4.90 Å². The fourth-order valence-corrected chi connectivity index (χ4v) is 6.01. The van der Waals surface area contributed by atoms with Crippen LogP contribution in [0.25, 0.3) is 0 Å². The number of morpholine rings is 1. The zero-order chi connectivity index (χ0) is 67.2. The van der Waals surface area contributed by atoms with Crippen LogP contribution in [0.4, 0.5) is 0 Å². The summed E-state index contributed by atoms with van der Waals surface area (Å²) in [5.74, 6) is 25.0. The first-order valence-electron chi connectivity index (χ1n) is 25.8. The predicted octanol–water partition coefficient (Wildman–Crippen LogP) is 1.10. The molecule has 0 unspecified atom stereocenters. The fraction of sp³-hybridized carbons (Fsp3) is 0.276. The molecular weight excluding hydrogens is 1240 g/mol. The summed E-state index contributed by atoms with van der Waals surface area (Å²) in [5.41, 5.74) is 0.901. The third kappa shape index (κ3) is 32.0. The number of carboxylic acids is 6. The molecule has 0 aliphatic carbocycles. The van der Waals surface area contributed by atoms with Gasteiger partial charge < -0.3 is 60.9 Å². The summed E-state index contributed by atoms with van der Waals surface area (Å²) in [6.45, 7) is 3.63. The Morgan fingerprint density at radius 1 is 0.396 bits per heavy atom. The minimum absolute atomic E-state index is 0.0239. The molecule has 0 bridgehead atoms. The van der Waals surface area contributed by atoms with Gasteiger partial charge in [-0.15, -0.1) is 0 Å². The highest BCUT2D eigenvalue weighted by molar-refractivity contribution is 6.34. The van der Waals surface area contributed by atoms with Crippen molar-refractivity contribution in [2.45, 2.75) is 38.5 Å². The molecule has 0 atom stereocenters. The molecule has 7 rings (SSSR count). The Bertz CT molecular complexity index is 3830. The van der Waals surface area contributed by atoms with Gasteiger partial charge in [0.2, 0.25) is 0 Å². The van der Waals surface area contributed by atoms with E-state index in [-0.39, 0.29) is 101 Å². The van der Waals surface area contributed by atoms with Crippen LogP contribution < -0.4 is 0 Å². The van der Waals surface area contributed by atoms with E-state index in [9.17, 15) is 28.8 Å². The predicted molar refractivity (Wildman–Crippen MR) is 316 cm³/mol. The lowest BCUT2D eigenvalue weighted by molar-refractivity contribution is 0.0443. The van der Waals surface area contributed by atoms with Gasteiger partial charge in [0, 0.05) is 76.3 Å². The van der Waals surface area contributed by atoms with E-state index in [1.54, 1.807) is 0 Å². The number of aliphatic hydroxyl groups excluding tert-OH is 5. The first kappa shape index (κ1) is 76.1. The van der Waals surface area contributed by atoms with Crippen molar-refractivity contribution in [3.05, 3.63) is 141 Å². The Labute approximate surface area is 527 Å². The Kier molecular flexibility index (Phi) is 37.8. The molecule has 11 N–H and O–H groups in total. The van der Waals surface area contributed by atoms with Crippen LogP contribution in [0.15, 0.2) is 62.2 Å². The van der Waals surface area contributed by atoms with Gasteiger partial charge in [0.1, 0.15) is 88.8 Å². The van der Waals surface area contributed by atoms with E-state index in [1.807, 2.05) is 0 Å². The fourth-order valence-electron chi connectivity index (χ4n) is 5.56. The molecule has 1 aliphatic heterocycles. The quantitative estimate of drug-likeness (QED) is 0.0569. The number of aromatic nitrogens is 12. The zero-order valence-corrected chi connectivity index (χ0v) is 48.9. The van der Waals surface area contributed by atoms with Crippen molar-refractivity contribution < 1.29 is 89.7 Å². The van der Waals surface area contributed by atoms with Gasteiger partial charge in [0.05, 0.1) is 33.0 Å². The molecule has 1 aliphatic rings. The highest BCUT2D eigenvalue weighted by Crippen LogP contribution is 2.17. The minimum atomic E-state index is -1.23. The monoisotopic (exact) mass is 1290 g/mol. The summed E-state index contributed by atoms with van der Waals surface area (Å²) < 4.78 is 5.23. The lowest BCUT2D eigenvalue weighted by Gasteiger charge is -2.24. The van der Waals surface area contributed by atoms with Crippen molar-refractivity contribution in [3.8, 4) is 71.0 Å². The number of halogens is 2. The average molecular weight is 1290 g/mol. The van der Waals surface area contributed by atoms with Crippen molar-refractivity contribution in [1.29, 1.82) is 0 Å². The number of aromatic carboxylic acids is 6. The van der Waals surface area contributed by atoms with Crippen molar-refractivity contribution >= 4 is 59.0 Å². The van der Waals surface area contributed by atoms with Crippen molar-refractivity contribution in [3.63, 3.8) is 0 Å². The van der Waals surface area contributed by atoms with Gasteiger partial charge in [-0.05, 0) is 48.4 Å². The number of unbranched alkanes of at least 4 members (excludes halogenated alkanes) is 2. The Balaban J connectivity index is 0.000000373. The zero-order valence-electron chi connectivity index (χ0n) is 47.4. The van der Waals surface area contributed by atoms with Crippen molar-refractivity contribution in [2.24, 2.45) is 0 Å².